The summed E-state index contributed by atoms with van der Waals surface area (Å²) in [5, 5.41) is 1.98. The van der Waals surface area contributed by atoms with Crippen molar-refractivity contribution in [3.63, 3.8) is 0 Å². The van der Waals surface area contributed by atoms with Crippen LogP contribution in [0.25, 0.3) is 27.5 Å². The average Bonchev–Trinajstić information content (AvgIpc) is 3.08. The van der Waals surface area contributed by atoms with Crippen molar-refractivity contribution in [1.29, 1.82) is 0 Å². The molecule has 0 aliphatic rings. The number of carbonyl (C=O) groups is 2. The molecule has 0 aliphatic carbocycles. The highest BCUT2D eigenvalue weighted by Crippen LogP contribution is 2.34. The molecule has 1 aromatic heterocycles. The summed E-state index contributed by atoms with van der Waals surface area (Å²) < 4.78 is 12.5. The second-order valence-corrected chi connectivity index (χ2v) is 6.28. The van der Waals surface area contributed by atoms with Crippen LogP contribution in [-0.2, 0) is 9.59 Å². The Morgan fingerprint density at radius 1 is 0.724 bits per heavy atom. The van der Waals surface area contributed by atoms with Crippen molar-refractivity contribution in [2.24, 2.45) is 0 Å². The van der Waals surface area contributed by atoms with Gasteiger partial charge in [0.05, 0.1) is 11.0 Å². The first-order valence-electron chi connectivity index (χ1n) is 8.93. The molecule has 29 heavy (non-hydrogen) atoms. The normalized spacial score (nSPS) is 10.6. The predicted octanol–water partition coefficient (Wildman–Crippen LogP) is 4.97. The Hall–Kier alpha value is -4.12. The monoisotopic (exact) mass is 383 g/mol. The van der Waals surface area contributed by atoms with Crippen LogP contribution in [0.5, 0.6) is 11.5 Å². The zero-order chi connectivity index (χ0) is 20.4. The van der Waals surface area contributed by atoms with E-state index in [1.54, 1.807) is 18.2 Å². The van der Waals surface area contributed by atoms with E-state index in [1.165, 1.54) is 0 Å². The highest BCUT2D eigenvalue weighted by atomic mass is 16.5. The summed E-state index contributed by atoms with van der Waals surface area (Å²) in [5.41, 5.74) is 2.87. The third kappa shape index (κ3) is 3.41. The van der Waals surface area contributed by atoms with Crippen molar-refractivity contribution in [2.75, 3.05) is 0 Å². The summed E-state index contributed by atoms with van der Waals surface area (Å²) in [6, 6.07) is 20.7. The molecule has 0 N–H and O–H groups in total. The van der Waals surface area contributed by atoms with Gasteiger partial charge in [0.1, 0.15) is 11.5 Å². The molecule has 4 rings (SSSR count). The molecule has 0 bridgehead atoms. The van der Waals surface area contributed by atoms with Crippen LogP contribution >= 0.6 is 0 Å². The Morgan fingerprint density at radius 3 is 2.00 bits per heavy atom. The van der Waals surface area contributed by atoms with Crippen LogP contribution in [0.1, 0.15) is 0 Å². The zero-order valence-corrected chi connectivity index (χ0v) is 15.5. The number of hydrogen-bond acceptors (Lipinski definition) is 4. The Labute approximate surface area is 167 Å². The van der Waals surface area contributed by atoms with Gasteiger partial charge in [0.15, 0.2) is 0 Å². The first kappa shape index (κ1) is 18.3. The molecule has 0 atom stereocenters. The van der Waals surface area contributed by atoms with Gasteiger partial charge in [-0.15, -0.1) is 0 Å². The van der Waals surface area contributed by atoms with Crippen LogP contribution in [0.3, 0.4) is 0 Å². The van der Waals surface area contributed by atoms with Crippen molar-refractivity contribution in [1.82, 2.24) is 4.57 Å². The first-order chi connectivity index (χ1) is 14.1. The highest BCUT2D eigenvalue weighted by Gasteiger charge is 2.13. The zero-order valence-electron chi connectivity index (χ0n) is 15.5. The minimum atomic E-state index is -0.504. The maximum atomic E-state index is 11.6. The van der Waals surface area contributed by atoms with Gasteiger partial charge in [-0.3, -0.25) is 0 Å². The van der Waals surface area contributed by atoms with Crippen LogP contribution in [0.15, 0.2) is 92.0 Å². The van der Waals surface area contributed by atoms with Gasteiger partial charge in [0.25, 0.3) is 0 Å². The molecule has 0 saturated heterocycles. The Morgan fingerprint density at radius 2 is 1.31 bits per heavy atom. The molecule has 0 saturated carbocycles. The Bertz CT molecular complexity index is 1270. The molecule has 4 aromatic rings. The topological polar surface area (TPSA) is 57.5 Å². The van der Waals surface area contributed by atoms with Crippen molar-refractivity contribution in [3.8, 4) is 17.2 Å². The molecule has 0 fully saturated rings. The molecule has 5 nitrogen and oxygen atoms in total. The third-order valence-corrected chi connectivity index (χ3v) is 4.51. The highest BCUT2D eigenvalue weighted by molar-refractivity contribution is 6.09. The smallest absolute Gasteiger partial charge is 0.335 e. The number of aromatic nitrogens is 1. The minimum absolute atomic E-state index is 0.443. The lowest BCUT2D eigenvalue weighted by atomic mass is 10.1. The number of rotatable bonds is 5. The molecule has 0 unspecified atom stereocenters. The van der Waals surface area contributed by atoms with Gasteiger partial charge >= 0.3 is 11.9 Å². The minimum Gasteiger partial charge on any atom is -0.423 e. The Balaban J connectivity index is 1.85. The summed E-state index contributed by atoms with van der Waals surface area (Å²) in [4.78, 5) is 22.9. The van der Waals surface area contributed by atoms with E-state index in [0.29, 0.717) is 11.5 Å². The second-order valence-electron chi connectivity index (χ2n) is 6.28. The maximum absolute atomic E-state index is 11.6. The maximum Gasteiger partial charge on any atom is 0.335 e. The van der Waals surface area contributed by atoms with Crippen molar-refractivity contribution < 1.29 is 19.1 Å². The number of ether oxygens (including phenoxy) is 2. The lowest BCUT2D eigenvalue weighted by molar-refractivity contribution is -0.129. The fraction of sp³-hybridized carbons (Fsp3) is 0. The molecular formula is C24H17NO4. The van der Waals surface area contributed by atoms with Crippen LogP contribution in [0.4, 0.5) is 0 Å². The van der Waals surface area contributed by atoms with Gasteiger partial charge in [0, 0.05) is 28.6 Å². The molecular weight excluding hydrogens is 366 g/mol. The van der Waals surface area contributed by atoms with E-state index in [9.17, 15) is 9.59 Å². The largest absolute Gasteiger partial charge is 0.423 e. The summed E-state index contributed by atoms with van der Waals surface area (Å²) in [6.07, 6.45) is 2.26. The fourth-order valence-corrected chi connectivity index (χ4v) is 3.27. The van der Waals surface area contributed by atoms with E-state index in [-0.39, 0.29) is 0 Å². The van der Waals surface area contributed by atoms with Gasteiger partial charge in [-0.05, 0) is 48.5 Å². The molecule has 0 amide bonds. The lowest BCUT2D eigenvalue weighted by Crippen LogP contribution is -2.03. The van der Waals surface area contributed by atoms with Crippen LogP contribution < -0.4 is 9.47 Å². The number of nitrogens with zero attached hydrogens (tertiary/aromatic N) is 1. The molecule has 3 aromatic carbocycles. The van der Waals surface area contributed by atoms with E-state index in [2.05, 4.69) is 17.7 Å². The van der Waals surface area contributed by atoms with E-state index in [4.69, 9.17) is 9.47 Å². The van der Waals surface area contributed by atoms with Gasteiger partial charge < -0.3 is 14.0 Å². The lowest BCUT2D eigenvalue weighted by Gasteiger charge is -2.09. The van der Waals surface area contributed by atoms with Crippen LogP contribution in [-0.4, -0.2) is 16.5 Å². The van der Waals surface area contributed by atoms with Crippen molar-refractivity contribution in [2.45, 2.75) is 0 Å². The number of benzene rings is 3. The average molecular weight is 383 g/mol. The quantitative estimate of drug-likeness (QED) is 0.277. The van der Waals surface area contributed by atoms with E-state index >= 15 is 0 Å². The Kier molecular flexibility index (Phi) is 4.71. The van der Waals surface area contributed by atoms with E-state index in [1.807, 2.05) is 48.5 Å². The number of carbonyl (C=O) groups excluding carboxylic acids is 2. The fourth-order valence-electron chi connectivity index (χ4n) is 3.27. The summed E-state index contributed by atoms with van der Waals surface area (Å²) in [7, 11) is 0. The molecule has 1 heterocycles. The molecule has 0 spiro atoms. The second kappa shape index (κ2) is 7.48. The van der Waals surface area contributed by atoms with Crippen molar-refractivity contribution in [3.05, 3.63) is 92.0 Å². The number of hydrogen-bond donors (Lipinski definition) is 0. The van der Waals surface area contributed by atoms with Gasteiger partial charge in [-0.25, -0.2) is 9.59 Å². The first-order valence-corrected chi connectivity index (χ1v) is 8.93. The molecule has 0 aliphatic heterocycles. The van der Waals surface area contributed by atoms with Gasteiger partial charge in [-0.2, -0.15) is 0 Å². The summed E-state index contributed by atoms with van der Waals surface area (Å²) in [6.45, 7) is 6.83. The summed E-state index contributed by atoms with van der Waals surface area (Å²) >= 11 is 0. The summed E-state index contributed by atoms with van der Waals surface area (Å²) in [5.74, 6) is -0.107. The van der Waals surface area contributed by atoms with Gasteiger partial charge in [-0.1, -0.05) is 31.4 Å². The molecule has 142 valence electrons. The molecule has 5 heteroatoms. The predicted molar refractivity (Wildman–Crippen MR) is 112 cm³/mol. The third-order valence-electron chi connectivity index (χ3n) is 4.51. The number of fused-ring (bicyclic) bond motifs is 3. The van der Waals surface area contributed by atoms with Gasteiger partial charge in [0.2, 0.25) is 0 Å². The van der Waals surface area contributed by atoms with Crippen LogP contribution in [0, 0.1) is 0 Å². The molecule has 0 radical (unpaired) electrons. The number of para-hydroxylation sites is 1. The van der Waals surface area contributed by atoms with E-state index in [0.717, 1.165) is 39.6 Å². The SMILES string of the molecule is C=CC(=O)Oc1ccc(-n2c3ccccc3c3cc(OC(=O)C=C)ccc32)cc1. The van der Waals surface area contributed by atoms with E-state index < -0.39 is 11.9 Å². The standard InChI is InChI=1S/C24H17NO4/c1-3-23(26)28-17-11-9-16(10-12-17)25-21-8-6-5-7-19(21)20-15-18(13-14-22(20)25)29-24(27)4-2/h3-15H,1-2H2. The van der Waals surface area contributed by atoms with Crippen LogP contribution in [0.2, 0.25) is 0 Å². The number of esters is 2. The van der Waals surface area contributed by atoms with Crippen molar-refractivity contribution >= 4 is 33.7 Å².